The van der Waals surface area contributed by atoms with E-state index in [1.165, 1.54) is 0 Å². The molecule has 1 N–H and O–H groups in total. The van der Waals surface area contributed by atoms with Crippen molar-refractivity contribution >= 4 is 49.7 Å². The number of rotatable bonds is 2. The molecule has 0 aromatic carbocycles. The van der Waals surface area contributed by atoms with Crippen molar-refractivity contribution in [2.75, 3.05) is 19.7 Å². The highest BCUT2D eigenvalue weighted by Crippen LogP contribution is 2.33. The van der Waals surface area contributed by atoms with Gasteiger partial charge in [0, 0.05) is 13.1 Å². The van der Waals surface area contributed by atoms with Crippen LogP contribution in [0.1, 0.15) is 6.92 Å². The summed E-state index contributed by atoms with van der Waals surface area (Å²) < 4.78 is 15.8. The third-order valence-electron chi connectivity index (χ3n) is 3.09. The van der Waals surface area contributed by atoms with E-state index in [0.29, 0.717) is 6.54 Å². The van der Waals surface area contributed by atoms with Gasteiger partial charge in [-0.3, -0.25) is 0 Å². The molecular formula is C11H14I2N4O2. The number of aliphatic hydroxyl groups is 1. The van der Waals surface area contributed by atoms with Crippen LogP contribution in [0, 0.1) is 0 Å². The highest BCUT2D eigenvalue weighted by molar-refractivity contribution is 14.1. The van der Waals surface area contributed by atoms with E-state index in [-0.39, 0.29) is 18.8 Å². The van der Waals surface area contributed by atoms with E-state index in [0.717, 1.165) is 21.8 Å². The fourth-order valence-corrected chi connectivity index (χ4v) is 4.69. The monoisotopic (exact) mass is 488 g/mol. The summed E-state index contributed by atoms with van der Waals surface area (Å²) in [6.07, 6.45) is 4.12. The standard InChI is InChI=1S/C11H14I2N4O2/c1-7-4-16(5-8(6-18)19-7)10-3-2-9(12)11-14-13-15-17(10)11/h2-3,7-8,18H,4-6H2,1H3/t7-,8-/m1/s1. The number of hydrogen-bond donors (Lipinski definition) is 1. The average molecular weight is 488 g/mol. The van der Waals surface area contributed by atoms with E-state index in [2.05, 4.69) is 46.1 Å². The van der Waals surface area contributed by atoms with Gasteiger partial charge in [-0.1, -0.05) is 0 Å². The first-order chi connectivity index (χ1) is 9.19. The minimum Gasteiger partial charge on any atom is -0.394 e. The lowest BCUT2D eigenvalue weighted by molar-refractivity contribution is -0.0906. The van der Waals surface area contributed by atoms with E-state index in [1.54, 1.807) is 0 Å². The van der Waals surface area contributed by atoms with E-state index in [1.807, 2.05) is 11.9 Å². The van der Waals surface area contributed by atoms with Gasteiger partial charge in [0.05, 0.1) is 22.4 Å². The third-order valence-corrected chi connectivity index (χ3v) is 5.23. The van der Waals surface area contributed by atoms with Crippen LogP contribution in [0.3, 0.4) is 0 Å². The number of morpholine rings is 1. The molecule has 6 nitrogen and oxygen atoms in total. The number of ether oxygens (including phenoxy) is 1. The van der Waals surface area contributed by atoms with Crippen molar-refractivity contribution < 1.29 is 9.84 Å². The second-order valence-corrected chi connectivity index (χ2v) is 7.07. The molecule has 8 heteroatoms. The highest BCUT2D eigenvalue weighted by Gasteiger charge is 2.33. The summed E-state index contributed by atoms with van der Waals surface area (Å²) >= 11 is 1.82. The first-order valence-electron chi connectivity index (χ1n) is 6.00. The van der Waals surface area contributed by atoms with Gasteiger partial charge >= 0.3 is 0 Å². The summed E-state index contributed by atoms with van der Waals surface area (Å²) in [5, 5.41) is 11.3. The number of nitrogens with zero attached hydrogens (tertiary/aromatic N) is 4. The number of aliphatic hydroxyl groups excluding tert-OH is 1. The maximum absolute atomic E-state index is 9.31. The molecule has 1 saturated heterocycles. The maximum atomic E-state index is 9.31. The minimum absolute atomic E-state index is 0.0481. The summed E-state index contributed by atoms with van der Waals surface area (Å²) in [6, 6.07) is 0. The number of allylic oxidation sites excluding steroid dienone is 2. The van der Waals surface area contributed by atoms with E-state index < -0.39 is 21.3 Å². The summed E-state index contributed by atoms with van der Waals surface area (Å²) in [7, 11) is 0. The molecule has 0 bridgehead atoms. The van der Waals surface area contributed by atoms with Gasteiger partial charge < -0.3 is 14.7 Å². The van der Waals surface area contributed by atoms with Crippen molar-refractivity contribution in [3.05, 3.63) is 21.6 Å². The van der Waals surface area contributed by atoms with Crippen LogP contribution in [0.2, 0.25) is 0 Å². The summed E-state index contributed by atoms with van der Waals surface area (Å²) in [5.41, 5.74) is 0. The summed E-state index contributed by atoms with van der Waals surface area (Å²) in [4.78, 5) is 2.22. The molecule has 0 radical (unpaired) electrons. The van der Waals surface area contributed by atoms with Crippen molar-refractivity contribution in [3.8, 4) is 0 Å². The second kappa shape index (κ2) is 5.74. The predicted octanol–water partition coefficient (Wildman–Crippen LogP) is 1.94. The van der Waals surface area contributed by atoms with Gasteiger partial charge in [-0.2, -0.15) is 8.21 Å². The molecule has 2 atom stereocenters. The Hall–Kier alpha value is -0.0700. The van der Waals surface area contributed by atoms with Gasteiger partial charge in [-0.05, 0) is 41.7 Å². The molecule has 0 aromatic rings. The normalized spacial score (nSPS) is 30.4. The molecule has 1 fully saturated rings. The largest absolute Gasteiger partial charge is 0.394 e. The Morgan fingerprint density at radius 1 is 1.53 bits per heavy atom. The van der Waals surface area contributed by atoms with Crippen LogP contribution in [0.4, 0.5) is 0 Å². The summed E-state index contributed by atoms with van der Waals surface area (Å²) in [5.74, 6) is 2.01. The third kappa shape index (κ3) is 2.72. The van der Waals surface area contributed by atoms with Gasteiger partial charge in [-0.15, -0.1) is 3.25 Å². The fraction of sp³-hybridized carbons (Fsp3) is 0.545. The molecule has 0 aliphatic carbocycles. The van der Waals surface area contributed by atoms with Crippen LogP contribution < -0.4 is 0 Å². The quantitative estimate of drug-likeness (QED) is 0.605. The Balaban J connectivity index is 1.85. The van der Waals surface area contributed by atoms with Gasteiger partial charge in [0.2, 0.25) is 0 Å². The first kappa shape index (κ1) is 13.9. The van der Waals surface area contributed by atoms with E-state index in [9.17, 15) is 5.11 Å². The molecule has 0 amide bonds. The Kier molecular flexibility index (Phi) is 4.19. The van der Waals surface area contributed by atoms with Crippen LogP contribution in [0.15, 0.2) is 28.0 Å². The average Bonchev–Trinajstić information content (AvgIpc) is 2.88. The van der Waals surface area contributed by atoms with Gasteiger partial charge in [0.15, 0.2) is 27.1 Å². The zero-order valence-corrected chi connectivity index (χ0v) is 14.6. The molecule has 0 aromatic heterocycles. The summed E-state index contributed by atoms with van der Waals surface area (Å²) in [6.45, 7) is 3.58. The molecule has 0 saturated carbocycles. The molecular weight excluding hydrogens is 474 g/mol. The number of halogens is 2. The minimum atomic E-state index is -0.469. The Labute approximate surface area is 135 Å². The van der Waals surface area contributed by atoms with Crippen LogP contribution in [-0.4, -0.2) is 52.8 Å². The SMILES string of the molecule is C[C@@H]1CN(C2=CC=C(I)C3=NI=NN23)C[C@H](CO)O1. The molecule has 104 valence electrons. The van der Waals surface area contributed by atoms with Crippen LogP contribution in [-0.2, 0) is 4.74 Å². The zero-order valence-electron chi connectivity index (χ0n) is 10.3. The van der Waals surface area contributed by atoms with Crippen LogP contribution >= 0.6 is 43.9 Å². The second-order valence-electron chi connectivity index (χ2n) is 4.57. The van der Waals surface area contributed by atoms with Crippen LogP contribution in [0.25, 0.3) is 0 Å². The molecule has 19 heavy (non-hydrogen) atoms. The molecule has 0 spiro atoms. The lowest BCUT2D eigenvalue weighted by Crippen LogP contribution is -2.50. The van der Waals surface area contributed by atoms with Crippen molar-refractivity contribution in [2.45, 2.75) is 19.1 Å². The van der Waals surface area contributed by atoms with Gasteiger partial charge in [0.25, 0.3) is 0 Å². The lowest BCUT2D eigenvalue weighted by atomic mass is 10.2. The molecule has 3 aliphatic rings. The van der Waals surface area contributed by atoms with Crippen molar-refractivity contribution in [1.82, 2.24) is 9.91 Å². The number of amidine groups is 1. The lowest BCUT2D eigenvalue weighted by Gasteiger charge is -2.40. The number of hydrogen-bond acceptors (Lipinski definition) is 6. The first-order valence-corrected chi connectivity index (χ1v) is 9.01. The zero-order chi connectivity index (χ0) is 13.4. The molecule has 0 unspecified atom stereocenters. The number of fused-ring (bicyclic) bond motifs is 1. The molecule has 3 rings (SSSR count). The highest BCUT2D eigenvalue weighted by atomic mass is 127. The Bertz CT molecular complexity index is 503. The molecule has 3 heterocycles. The Morgan fingerprint density at radius 3 is 3.16 bits per heavy atom. The smallest absolute Gasteiger partial charge is 0.176 e. The topological polar surface area (TPSA) is 60.7 Å². The van der Waals surface area contributed by atoms with Crippen LogP contribution in [0.5, 0.6) is 0 Å². The molecule has 3 aliphatic heterocycles. The van der Waals surface area contributed by atoms with E-state index >= 15 is 0 Å². The fourth-order valence-electron chi connectivity index (χ4n) is 2.31. The maximum Gasteiger partial charge on any atom is 0.176 e. The van der Waals surface area contributed by atoms with E-state index in [4.69, 9.17) is 4.74 Å². The van der Waals surface area contributed by atoms with Gasteiger partial charge in [-0.25, -0.2) is 0 Å². The van der Waals surface area contributed by atoms with Crippen molar-refractivity contribution in [2.24, 2.45) is 6.46 Å². The van der Waals surface area contributed by atoms with Crippen molar-refractivity contribution in [1.29, 1.82) is 0 Å². The predicted molar refractivity (Wildman–Crippen MR) is 88.9 cm³/mol. The van der Waals surface area contributed by atoms with Crippen molar-refractivity contribution in [3.63, 3.8) is 0 Å². The van der Waals surface area contributed by atoms with Gasteiger partial charge in [0.1, 0.15) is 5.82 Å². The Morgan fingerprint density at radius 2 is 2.37 bits per heavy atom.